The van der Waals surface area contributed by atoms with Gasteiger partial charge in [-0.1, -0.05) is 19.8 Å². The normalized spacial score (nSPS) is 11.4. The van der Waals surface area contributed by atoms with E-state index in [1.165, 1.54) is 12.1 Å². The molecule has 0 saturated carbocycles. The molecular formula is C16H26ClFN2O2. The first-order valence-electron chi connectivity index (χ1n) is 7.53. The molecule has 1 atom stereocenters. The third kappa shape index (κ3) is 8.85. The van der Waals surface area contributed by atoms with Gasteiger partial charge in [0.05, 0.1) is 6.61 Å². The molecule has 0 fully saturated rings. The summed E-state index contributed by atoms with van der Waals surface area (Å²) in [7, 11) is 0. The van der Waals surface area contributed by atoms with Crippen molar-refractivity contribution < 1.29 is 13.9 Å². The van der Waals surface area contributed by atoms with Gasteiger partial charge in [-0.15, -0.1) is 12.4 Å². The molecule has 0 heterocycles. The Morgan fingerprint density at radius 1 is 1.32 bits per heavy atom. The fraction of sp³-hybridized carbons (Fsp3) is 0.562. The van der Waals surface area contributed by atoms with Crippen molar-refractivity contribution in [1.29, 1.82) is 0 Å². The van der Waals surface area contributed by atoms with Gasteiger partial charge < -0.3 is 15.8 Å². The molecule has 0 aliphatic rings. The smallest absolute Gasteiger partial charge is 0.220 e. The summed E-state index contributed by atoms with van der Waals surface area (Å²) in [5.41, 5.74) is 5.63. The highest BCUT2D eigenvalue weighted by Crippen LogP contribution is 2.11. The Morgan fingerprint density at radius 2 is 2.00 bits per heavy atom. The van der Waals surface area contributed by atoms with E-state index in [-0.39, 0.29) is 30.2 Å². The number of hydrogen-bond donors (Lipinski definition) is 2. The van der Waals surface area contributed by atoms with E-state index < -0.39 is 0 Å². The second-order valence-electron chi connectivity index (χ2n) is 5.05. The molecule has 0 spiro atoms. The Labute approximate surface area is 138 Å². The highest BCUT2D eigenvalue weighted by molar-refractivity contribution is 5.85. The van der Waals surface area contributed by atoms with Crippen molar-refractivity contribution in [1.82, 2.24) is 5.32 Å². The Bertz CT molecular complexity index is 415. The lowest BCUT2D eigenvalue weighted by Gasteiger charge is -2.16. The second kappa shape index (κ2) is 12.2. The van der Waals surface area contributed by atoms with Gasteiger partial charge in [0.25, 0.3) is 0 Å². The van der Waals surface area contributed by atoms with E-state index in [0.717, 1.165) is 19.3 Å². The van der Waals surface area contributed by atoms with Crippen LogP contribution in [0.15, 0.2) is 24.3 Å². The predicted molar refractivity (Wildman–Crippen MR) is 88.9 cm³/mol. The van der Waals surface area contributed by atoms with Gasteiger partial charge in [-0.2, -0.15) is 0 Å². The van der Waals surface area contributed by atoms with Crippen LogP contribution < -0.4 is 15.8 Å². The number of nitrogens with two attached hydrogens (primary N) is 1. The molecule has 1 rings (SSSR count). The zero-order valence-electron chi connectivity index (χ0n) is 13.0. The van der Waals surface area contributed by atoms with E-state index in [0.29, 0.717) is 31.7 Å². The predicted octanol–water partition coefficient (Wildman–Crippen LogP) is 3.04. The lowest BCUT2D eigenvalue weighted by Crippen LogP contribution is -2.40. The number of halogens is 2. The van der Waals surface area contributed by atoms with Gasteiger partial charge in [0.1, 0.15) is 11.6 Å². The number of carbonyl (C=O) groups excluding carboxylic acids is 1. The maximum atomic E-state index is 12.7. The van der Waals surface area contributed by atoms with Gasteiger partial charge in [-0.05, 0) is 37.1 Å². The molecule has 1 unspecified atom stereocenters. The summed E-state index contributed by atoms with van der Waals surface area (Å²) in [5, 5.41) is 2.94. The zero-order chi connectivity index (χ0) is 15.5. The third-order valence-corrected chi connectivity index (χ3v) is 3.19. The molecule has 0 aliphatic carbocycles. The number of nitrogens with one attached hydrogen (secondary N) is 1. The van der Waals surface area contributed by atoms with Crippen LogP contribution in [0.2, 0.25) is 0 Å². The van der Waals surface area contributed by atoms with Gasteiger partial charge in [0.15, 0.2) is 0 Å². The highest BCUT2D eigenvalue weighted by Gasteiger charge is 2.09. The number of carbonyl (C=O) groups is 1. The van der Waals surface area contributed by atoms with Crippen LogP contribution in [0.4, 0.5) is 4.39 Å². The van der Waals surface area contributed by atoms with Gasteiger partial charge in [-0.3, -0.25) is 4.79 Å². The number of hydrogen-bond acceptors (Lipinski definition) is 3. The topological polar surface area (TPSA) is 64.3 Å². The van der Waals surface area contributed by atoms with Crippen molar-refractivity contribution in [2.45, 2.75) is 45.1 Å². The lowest BCUT2D eigenvalue weighted by molar-refractivity contribution is -0.122. The lowest BCUT2D eigenvalue weighted by atomic mass is 10.1. The van der Waals surface area contributed by atoms with E-state index in [2.05, 4.69) is 12.2 Å². The molecule has 1 amide bonds. The third-order valence-electron chi connectivity index (χ3n) is 3.19. The maximum Gasteiger partial charge on any atom is 0.220 e. The molecule has 126 valence electrons. The van der Waals surface area contributed by atoms with Crippen molar-refractivity contribution in [3.05, 3.63) is 30.1 Å². The van der Waals surface area contributed by atoms with Crippen molar-refractivity contribution in [3.63, 3.8) is 0 Å². The standard InChI is InChI=1S/C16H25FN2O2.ClH/c1-2-3-5-14(12-18)19-16(20)6-4-11-21-15-9-7-13(17)8-10-15;/h7-10,14H,2-6,11-12,18H2,1H3,(H,19,20);1H. The zero-order valence-corrected chi connectivity index (χ0v) is 13.8. The summed E-state index contributed by atoms with van der Waals surface area (Å²) in [4.78, 5) is 11.8. The average molecular weight is 333 g/mol. The molecule has 1 aromatic rings. The van der Waals surface area contributed by atoms with Crippen LogP contribution in [0.3, 0.4) is 0 Å². The summed E-state index contributed by atoms with van der Waals surface area (Å²) in [5.74, 6) is 0.325. The Hall–Kier alpha value is -1.33. The van der Waals surface area contributed by atoms with E-state index in [1.807, 2.05) is 0 Å². The molecule has 6 heteroatoms. The van der Waals surface area contributed by atoms with E-state index in [1.54, 1.807) is 12.1 Å². The van der Waals surface area contributed by atoms with Crippen LogP contribution in [-0.2, 0) is 4.79 Å². The number of ether oxygens (including phenoxy) is 1. The van der Waals surface area contributed by atoms with Crippen LogP contribution in [0.25, 0.3) is 0 Å². The molecule has 0 saturated heterocycles. The van der Waals surface area contributed by atoms with Crippen molar-refractivity contribution in [3.8, 4) is 5.75 Å². The Kier molecular flexibility index (Phi) is 11.5. The first-order chi connectivity index (χ1) is 10.2. The van der Waals surface area contributed by atoms with Crippen molar-refractivity contribution in [2.24, 2.45) is 5.73 Å². The molecule has 0 bridgehead atoms. The molecule has 0 aromatic heterocycles. The largest absolute Gasteiger partial charge is 0.494 e. The number of amides is 1. The van der Waals surface area contributed by atoms with Gasteiger partial charge >= 0.3 is 0 Å². The minimum absolute atomic E-state index is 0. The highest BCUT2D eigenvalue weighted by atomic mass is 35.5. The first-order valence-corrected chi connectivity index (χ1v) is 7.53. The van der Waals surface area contributed by atoms with Crippen LogP contribution in [0, 0.1) is 5.82 Å². The van der Waals surface area contributed by atoms with E-state index in [9.17, 15) is 9.18 Å². The Balaban J connectivity index is 0.00000441. The molecule has 0 aliphatic heterocycles. The van der Waals surface area contributed by atoms with Gasteiger partial charge in [0.2, 0.25) is 5.91 Å². The van der Waals surface area contributed by atoms with Crippen LogP contribution in [0.1, 0.15) is 39.0 Å². The second-order valence-corrected chi connectivity index (χ2v) is 5.05. The molecule has 3 N–H and O–H groups in total. The maximum absolute atomic E-state index is 12.7. The number of benzene rings is 1. The fourth-order valence-corrected chi connectivity index (χ4v) is 1.95. The van der Waals surface area contributed by atoms with E-state index >= 15 is 0 Å². The van der Waals surface area contributed by atoms with Gasteiger partial charge in [0, 0.05) is 19.0 Å². The average Bonchev–Trinajstić information content (AvgIpc) is 2.49. The van der Waals surface area contributed by atoms with Crippen LogP contribution in [-0.4, -0.2) is 25.1 Å². The molecule has 0 radical (unpaired) electrons. The molecule has 4 nitrogen and oxygen atoms in total. The number of rotatable bonds is 10. The fourth-order valence-electron chi connectivity index (χ4n) is 1.95. The molecular weight excluding hydrogens is 307 g/mol. The minimum atomic E-state index is -0.290. The summed E-state index contributed by atoms with van der Waals surface area (Å²) in [6.45, 7) is 3.02. The van der Waals surface area contributed by atoms with Crippen LogP contribution >= 0.6 is 12.4 Å². The summed E-state index contributed by atoms with van der Waals surface area (Å²) >= 11 is 0. The van der Waals surface area contributed by atoms with Crippen LogP contribution in [0.5, 0.6) is 5.75 Å². The minimum Gasteiger partial charge on any atom is -0.494 e. The quantitative estimate of drug-likeness (QED) is 0.647. The molecule has 1 aromatic carbocycles. The van der Waals surface area contributed by atoms with E-state index in [4.69, 9.17) is 10.5 Å². The summed E-state index contributed by atoms with van der Waals surface area (Å²) < 4.78 is 18.1. The van der Waals surface area contributed by atoms with Gasteiger partial charge in [-0.25, -0.2) is 4.39 Å². The number of unbranched alkanes of at least 4 members (excludes halogenated alkanes) is 1. The molecule has 22 heavy (non-hydrogen) atoms. The Morgan fingerprint density at radius 3 is 2.59 bits per heavy atom. The van der Waals surface area contributed by atoms with Crippen molar-refractivity contribution >= 4 is 18.3 Å². The first kappa shape index (κ1) is 20.7. The summed E-state index contributed by atoms with van der Waals surface area (Å²) in [6.07, 6.45) is 4.11. The SMILES string of the molecule is CCCCC(CN)NC(=O)CCCOc1ccc(F)cc1.Cl. The van der Waals surface area contributed by atoms with Crippen molar-refractivity contribution in [2.75, 3.05) is 13.2 Å². The monoisotopic (exact) mass is 332 g/mol. The summed E-state index contributed by atoms with van der Waals surface area (Å²) in [6, 6.07) is 5.91.